The van der Waals surface area contributed by atoms with Gasteiger partial charge < -0.3 is 10.4 Å². The lowest BCUT2D eigenvalue weighted by Crippen LogP contribution is -2.19. The molecule has 1 aliphatic rings. The van der Waals surface area contributed by atoms with E-state index in [1.165, 1.54) is 0 Å². The summed E-state index contributed by atoms with van der Waals surface area (Å²) in [5.74, 6) is 0.201. The van der Waals surface area contributed by atoms with Gasteiger partial charge in [0.2, 0.25) is 0 Å². The molecule has 4 nitrogen and oxygen atoms in total. The van der Waals surface area contributed by atoms with E-state index in [-0.39, 0.29) is 12.0 Å². The minimum absolute atomic E-state index is 0.201. The summed E-state index contributed by atoms with van der Waals surface area (Å²) in [5.41, 5.74) is 2.31. The molecule has 1 saturated heterocycles. The third-order valence-corrected chi connectivity index (χ3v) is 2.71. The molecular weight excluding hydrogens is 166 g/mol. The summed E-state index contributed by atoms with van der Waals surface area (Å²) in [7, 11) is 1.92. The molecule has 72 valence electrons. The number of nitrogens with one attached hydrogen (secondary N) is 1. The summed E-state index contributed by atoms with van der Waals surface area (Å²) in [6, 6.07) is 0. The molecule has 4 heteroatoms. The standard InChI is InChI=1S/C9H15N3O/c1-6-3-11-12(2)9(6)7-4-10-5-8(7)13/h3,7-8,10,13H,4-5H2,1-2H3/t7-,8-/m1/s1. The van der Waals surface area contributed by atoms with Crippen LogP contribution in [0.4, 0.5) is 0 Å². The summed E-state index contributed by atoms with van der Waals surface area (Å²) in [4.78, 5) is 0. The van der Waals surface area contributed by atoms with Crippen molar-refractivity contribution in [2.24, 2.45) is 7.05 Å². The second kappa shape index (κ2) is 3.12. The molecule has 1 fully saturated rings. The van der Waals surface area contributed by atoms with Crippen LogP contribution >= 0.6 is 0 Å². The van der Waals surface area contributed by atoms with Gasteiger partial charge in [-0.2, -0.15) is 5.10 Å². The Balaban J connectivity index is 2.33. The minimum atomic E-state index is -0.269. The summed E-state index contributed by atoms with van der Waals surface area (Å²) in [6.07, 6.45) is 1.58. The largest absolute Gasteiger partial charge is 0.391 e. The maximum atomic E-state index is 9.71. The fourth-order valence-electron chi connectivity index (χ4n) is 2.03. The predicted octanol–water partition coefficient (Wildman–Crippen LogP) is -0.224. The van der Waals surface area contributed by atoms with Crippen molar-refractivity contribution >= 4 is 0 Å². The van der Waals surface area contributed by atoms with Gasteiger partial charge in [0.25, 0.3) is 0 Å². The molecule has 1 aromatic heterocycles. The van der Waals surface area contributed by atoms with Gasteiger partial charge in [0.1, 0.15) is 0 Å². The number of hydrogen-bond acceptors (Lipinski definition) is 3. The van der Waals surface area contributed by atoms with Gasteiger partial charge in [-0.25, -0.2) is 0 Å². The van der Waals surface area contributed by atoms with E-state index in [4.69, 9.17) is 0 Å². The first kappa shape index (κ1) is 8.72. The van der Waals surface area contributed by atoms with E-state index >= 15 is 0 Å². The molecule has 0 saturated carbocycles. The number of aliphatic hydroxyl groups is 1. The number of aromatic nitrogens is 2. The van der Waals surface area contributed by atoms with E-state index in [0.717, 1.165) is 17.8 Å². The Bertz CT molecular complexity index is 288. The Morgan fingerprint density at radius 2 is 2.38 bits per heavy atom. The zero-order valence-corrected chi connectivity index (χ0v) is 7.99. The van der Waals surface area contributed by atoms with Crippen LogP contribution in [0.25, 0.3) is 0 Å². The average molecular weight is 181 g/mol. The predicted molar refractivity (Wildman–Crippen MR) is 49.6 cm³/mol. The van der Waals surface area contributed by atoms with E-state index < -0.39 is 0 Å². The highest BCUT2D eigenvalue weighted by Gasteiger charge is 2.29. The molecule has 0 aromatic carbocycles. The number of aryl methyl sites for hydroxylation is 2. The van der Waals surface area contributed by atoms with Crippen molar-refractivity contribution in [2.45, 2.75) is 18.9 Å². The van der Waals surface area contributed by atoms with Crippen LogP contribution < -0.4 is 5.32 Å². The van der Waals surface area contributed by atoms with Crippen LogP contribution in [0.2, 0.25) is 0 Å². The van der Waals surface area contributed by atoms with Crippen molar-refractivity contribution < 1.29 is 5.11 Å². The average Bonchev–Trinajstić information content (AvgIpc) is 2.60. The lowest BCUT2D eigenvalue weighted by molar-refractivity contribution is 0.174. The monoisotopic (exact) mass is 181 g/mol. The summed E-state index contributed by atoms with van der Waals surface area (Å²) < 4.78 is 1.86. The molecule has 1 aliphatic heterocycles. The molecule has 2 atom stereocenters. The fourth-order valence-corrected chi connectivity index (χ4v) is 2.03. The van der Waals surface area contributed by atoms with Gasteiger partial charge in [0.15, 0.2) is 0 Å². The number of rotatable bonds is 1. The van der Waals surface area contributed by atoms with Gasteiger partial charge in [-0.3, -0.25) is 4.68 Å². The van der Waals surface area contributed by atoms with Crippen molar-refractivity contribution in [1.82, 2.24) is 15.1 Å². The third kappa shape index (κ3) is 1.36. The third-order valence-electron chi connectivity index (χ3n) is 2.71. The van der Waals surface area contributed by atoms with E-state index in [1.807, 2.05) is 24.9 Å². The van der Waals surface area contributed by atoms with Crippen molar-refractivity contribution in [3.8, 4) is 0 Å². The number of aliphatic hydroxyl groups excluding tert-OH is 1. The van der Waals surface area contributed by atoms with Crippen LogP contribution in [0.15, 0.2) is 6.20 Å². The van der Waals surface area contributed by atoms with Crippen LogP contribution in [-0.2, 0) is 7.05 Å². The van der Waals surface area contributed by atoms with E-state index in [9.17, 15) is 5.11 Å². The molecule has 0 aliphatic carbocycles. The van der Waals surface area contributed by atoms with E-state index in [2.05, 4.69) is 10.4 Å². The SMILES string of the molecule is Cc1cnn(C)c1[C@@H]1CNC[C@H]1O. The lowest BCUT2D eigenvalue weighted by Gasteiger charge is -2.14. The first-order valence-corrected chi connectivity index (χ1v) is 4.57. The first-order valence-electron chi connectivity index (χ1n) is 4.57. The molecule has 13 heavy (non-hydrogen) atoms. The topological polar surface area (TPSA) is 50.1 Å². The first-order chi connectivity index (χ1) is 6.20. The van der Waals surface area contributed by atoms with E-state index in [0.29, 0.717) is 6.54 Å². The number of nitrogens with zero attached hydrogens (tertiary/aromatic N) is 2. The molecule has 2 rings (SSSR count). The highest BCUT2D eigenvalue weighted by molar-refractivity contribution is 5.23. The Hall–Kier alpha value is -0.870. The minimum Gasteiger partial charge on any atom is -0.391 e. The highest BCUT2D eigenvalue weighted by Crippen LogP contribution is 2.24. The van der Waals surface area contributed by atoms with Crippen molar-refractivity contribution in [3.63, 3.8) is 0 Å². The second-order valence-corrected chi connectivity index (χ2v) is 3.67. The zero-order valence-electron chi connectivity index (χ0n) is 7.99. The molecule has 0 bridgehead atoms. The van der Waals surface area contributed by atoms with Crippen LogP contribution in [0.5, 0.6) is 0 Å². The number of β-amino-alcohol motifs (C(OH)–C–C–N with tert-alkyl or cyclic N) is 1. The summed E-state index contributed by atoms with van der Waals surface area (Å²) in [5, 5.41) is 17.1. The van der Waals surface area contributed by atoms with Crippen molar-refractivity contribution in [2.75, 3.05) is 13.1 Å². The smallest absolute Gasteiger partial charge is 0.0760 e. The van der Waals surface area contributed by atoms with Crippen molar-refractivity contribution in [1.29, 1.82) is 0 Å². The second-order valence-electron chi connectivity index (χ2n) is 3.67. The Morgan fingerprint density at radius 3 is 2.85 bits per heavy atom. The number of hydrogen-bond donors (Lipinski definition) is 2. The molecule has 0 amide bonds. The van der Waals surface area contributed by atoms with Crippen LogP contribution in [-0.4, -0.2) is 34.1 Å². The molecular formula is C9H15N3O. The van der Waals surface area contributed by atoms with Gasteiger partial charge >= 0.3 is 0 Å². The molecule has 0 radical (unpaired) electrons. The summed E-state index contributed by atoms with van der Waals surface area (Å²) in [6.45, 7) is 3.57. The Kier molecular flexibility index (Phi) is 2.09. The molecule has 2 N–H and O–H groups in total. The molecule has 1 aromatic rings. The van der Waals surface area contributed by atoms with Gasteiger partial charge in [-0.15, -0.1) is 0 Å². The van der Waals surface area contributed by atoms with Gasteiger partial charge in [-0.05, 0) is 12.5 Å². The van der Waals surface area contributed by atoms with E-state index in [1.54, 1.807) is 0 Å². The van der Waals surface area contributed by atoms with Crippen LogP contribution in [0.3, 0.4) is 0 Å². The Labute approximate surface area is 77.6 Å². The Morgan fingerprint density at radius 1 is 1.62 bits per heavy atom. The highest BCUT2D eigenvalue weighted by atomic mass is 16.3. The maximum absolute atomic E-state index is 9.71. The quantitative estimate of drug-likeness (QED) is 0.629. The van der Waals surface area contributed by atoms with Crippen molar-refractivity contribution in [3.05, 3.63) is 17.5 Å². The maximum Gasteiger partial charge on any atom is 0.0760 e. The fraction of sp³-hybridized carbons (Fsp3) is 0.667. The van der Waals surface area contributed by atoms with Gasteiger partial charge in [0.05, 0.1) is 12.3 Å². The van der Waals surface area contributed by atoms with Crippen LogP contribution in [0, 0.1) is 6.92 Å². The molecule has 2 heterocycles. The van der Waals surface area contributed by atoms with Gasteiger partial charge in [-0.1, -0.05) is 0 Å². The summed E-state index contributed by atoms with van der Waals surface area (Å²) >= 11 is 0. The molecule has 0 spiro atoms. The zero-order chi connectivity index (χ0) is 9.42. The van der Waals surface area contributed by atoms with Gasteiger partial charge in [0, 0.05) is 31.7 Å². The molecule has 0 unspecified atom stereocenters. The van der Waals surface area contributed by atoms with Crippen LogP contribution in [0.1, 0.15) is 17.2 Å². The normalized spacial score (nSPS) is 28.2. The lowest BCUT2D eigenvalue weighted by atomic mass is 9.99.